The number of carboxylic acids is 1. The minimum absolute atomic E-state index is 0.0644. The van der Waals surface area contributed by atoms with E-state index in [0.717, 1.165) is 29.5 Å². The van der Waals surface area contributed by atoms with Gasteiger partial charge in [-0.1, -0.05) is 36.6 Å². The van der Waals surface area contributed by atoms with Crippen molar-refractivity contribution in [2.75, 3.05) is 0 Å². The normalized spacial score (nSPS) is 18.6. The number of carbonyl (C=O) groups is 1. The molecule has 3 N–H and O–H groups in total. The maximum atomic E-state index is 11.1. The number of carboxylic acid groups (broad SMARTS) is 1. The third kappa shape index (κ3) is 4.29. The Morgan fingerprint density at radius 3 is 2.62 bits per heavy atom. The summed E-state index contributed by atoms with van der Waals surface area (Å²) in [7, 11) is 0. The van der Waals surface area contributed by atoms with E-state index < -0.39 is 18.1 Å². The average molecular weight is 291 g/mol. The maximum absolute atomic E-state index is 11.1. The summed E-state index contributed by atoms with van der Waals surface area (Å²) in [5, 5.41) is 23.2. The highest BCUT2D eigenvalue weighted by molar-refractivity contribution is 5.67. The second-order valence-electron chi connectivity index (χ2n) is 6.16. The fourth-order valence-corrected chi connectivity index (χ4v) is 3.14. The van der Waals surface area contributed by atoms with E-state index in [1.54, 1.807) is 0 Å². The number of benzene rings is 1. The molecular formula is C17H25NO3. The molecule has 21 heavy (non-hydrogen) atoms. The number of aliphatic hydroxyl groups is 1. The third-order valence-corrected chi connectivity index (χ3v) is 4.33. The van der Waals surface area contributed by atoms with Crippen LogP contribution in [0.5, 0.6) is 0 Å². The van der Waals surface area contributed by atoms with Gasteiger partial charge in [0.05, 0.1) is 12.5 Å². The minimum Gasteiger partial charge on any atom is -0.481 e. The molecule has 0 amide bonds. The molecule has 4 nitrogen and oxygen atoms in total. The van der Waals surface area contributed by atoms with Gasteiger partial charge in [0.2, 0.25) is 0 Å². The highest BCUT2D eigenvalue weighted by Crippen LogP contribution is 2.26. The molecule has 0 heterocycles. The highest BCUT2D eigenvalue weighted by Gasteiger charge is 2.28. The van der Waals surface area contributed by atoms with Gasteiger partial charge in [0.15, 0.2) is 0 Å². The summed E-state index contributed by atoms with van der Waals surface area (Å²) < 4.78 is 0. The van der Waals surface area contributed by atoms with Crippen molar-refractivity contribution in [1.82, 2.24) is 5.32 Å². The van der Waals surface area contributed by atoms with Gasteiger partial charge >= 0.3 is 5.97 Å². The number of aliphatic hydroxyl groups excluding tert-OH is 1. The zero-order chi connectivity index (χ0) is 15.4. The van der Waals surface area contributed by atoms with E-state index in [1.807, 2.05) is 32.0 Å². The molecular weight excluding hydrogens is 266 g/mol. The number of hydrogen-bond acceptors (Lipinski definition) is 3. The number of rotatable bonds is 6. The Morgan fingerprint density at radius 1 is 1.33 bits per heavy atom. The topological polar surface area (TPSA) is 69.6 Å². The van der Waals surface area contributed by atoms with E-state index >= 15 is 0 Å². The molecule has 2 atom stereocenters. The summed E-state index contributed by atoms with van der Waals surface area (Å²) >= 11 is 0. The zero-order valence-electron chi connectivity index (χ0n) is 12.8. The van der Waals surface area contributed by atoms with Gasteiger partial charge < -0.3 is 15.5 Å². The predicted octanol–water partition coefficient (Wildman–Crippen LogP) is 2.71. The minimum atomic E-state index is -0.880. The largest absolute Gasteiger partial charge is 0.481 e. The van der Waals surface area contributed by atoms with E-state index in [1.165, 1.54) is 12.8 Å². The van der Waals surface area contributed by atoms with E-state index in [4.69, 9.17) is 5.11 Å². The second kappa shape index (κ2) is 7.05. The Bertz CT molecular complexity index is 495. The van der Waals surface area contributed by atoms with Crippen LogP contribution in [-0.2, 0) is 4.79 Å². The Hall–Kier alpha value is -1.39. The SMILES string of the molecule is Cc1ccc(C)c(C(O)C(CC(=O)O)NC2CCCC2)c1. The van der Waals surface area contributed by atoms with Gasteiger partial charge in [-0.3, -0.25) is 4.79 Å². The van der Waals surface area contributed by atoms with E-state index in [0.29, 0.717) is 6.04 Å². The van der Waals surface area contributed by atoms with Crippen molar-refractivity contribution in [3.63, 3.8) is 0 Å². The van der Waals surface area contributed by atoms with Crippen LogP contribution in [0.4, 0.5) is 0 Å². The summed E-state index contributed by atoms with van der Waals surface area (Å²) in [4.78, 5) is 11.1. The van der Waals surface area contributed by atoms with Crippen LogP contribution >= 0.6 is 0 Å². The molecule has 1 aliphatic rings. The van der Waals surface area contributed by atoms with E-state index in [9.17, 15) is 9.90 Å². The van der Waals surface area contributed by atoms with E-state index in [-0.39, 0.29) is 6.42 Å². The van der Waals surface area contributed by atoms with Gasteiger partial charge in [-0.2, -0.15) is 0 Å². The van der Waals surface area contributed by atoms with Gasteiger partial charge in [-0.25, -0.2) is 0 Å². The van der Waals surface area contributed by atoms with Crippen LogP contribution in [0.2, 0.25) is 0 Å². The van der Waals surface area contributed by atoms with Gasteiger partial charge in [-0.15, -0.1) is 0 Å². The first-order chi connectivity index (χ1) is 9.97. The molecule has 2 rings (SSSR count). The lowest BCUT2D eigenvalue weighted by molar-refractivity contribution is -0.138. The van der Waals surface area contributed by atoms with Crippen LogP contribution in [0, 0.1) is 13.8 Å². The molecule has 1 aromatic rings. The molecule has 1 fully saturated rings. The van der Waals surface area contributed by atoms with Gasteiger partial charge in [-0.05, 0) is 37.8 Å². The van der Waals surface area contributed by atoms with Crippen molar-refractivity contribution in [3.05, 3.63) is 34.9 Å². The number of nitrogens with one attached hydrogen (secondary N) is 1. The summed E-state index contributed by atoms with van der Waals surface area (Å²) in [6, 6.07) is 5.81. The smallest absolute Gasteiger partial charge is 0.305 e. The first-order valence-electron chi connectivity index (χ1n) is 7.70. The molecule has 0 radical (unpaired) electrons. The van der Waals surface area contributed by atoms with Crippen molar-refractivity contribution in [3.8, 4) is 0 Å². The second-order valence-corrected chi connectivity index (χ2v) is 6.16. The van der Waals surface area contributed by atoms with Crippen LogP contribution in [-0.4, -0.2) is 28.3 Å². The number of aliphatic carboxylic acids is 1. The highest BCUT2D eigenvalue weighted by atomic mass is 16.4. The molecule has 116 valence electrons. The summed E-state index contributed by atoms with van der Waals surface area (Å²) in [5.74, 6) is -0.880. The lowest BCUT2D eigenvalue weighted by Crippen LogP contribution is -2.42. The van der Waals surface area contributed by atoms with Crippen LogP contribution in [0.15, 0.2) is 18.2 Å². The van der Waals surface area contributed by atoms with Gasteiger partial charge in [0.25, 0.3) is 0 Å². The monoisotopic (exact) mass is 291 g/mol. The first kappa shape index (κ1) is 16.0. The Balaban J connectivity index is 2.17. The lowest BCUT2D eigenvalue weighted by atomic mass is 9.94. The Kier molecular flexibility index (Phi) is 5.37. The fraction of sp³-hybridized carbons (Fsp3) is 0.588. The third-order valence-electron chi connectivity index (χ3n) is 4.33. The molecule has 0 aromatic heterocycles. The molecule has 1 aromatic carbocycles. The number of hydrogen-bond donors (Lipinski definition) is 3. The molecule has 4 heteroatoms. The average Bonchev–Trinajstić information content (AvgIpc) is 2.92. The van der Waals surface area contributed by atoms with Crippen molar-refractivity contribution in [1.29, 1.82) is 0 Å². The predicted molar refractivity (Wildman–Crippen MR) is 82.3 cm³/mol. The van der Waals surface area contributed by atoms with Crippen LogP contribution in [0.1, 0.15) is 54.9 Å². The van der Waals surface area contributed by atoms with Crippen LogP contribution < -0.4 is 5.32 Å². The summed E-state index contributed by atoms with van der Waals surface area (Å²) in [5.41, 5.74) is 2.90. The number of aryl methyl sites for hydroxylation is 2. The molecule has 0 bridgehead atoms. The molecule has 0 saturated heterocycles. The maximum Gasteiger partial charge on any atom is 0.305 e. The molecule has 0 aliphatic heterocycles. The Morgan fingerprint density at radius 2 is 2.00 bits per heavy atom. The summed E-state index contributed by atoms with van der Waals surface area (Å²) in [6.07, 6.45) is 3.63. The van der Waals surface area contributed by atoms with Gasteiger partial charge in [0.1, 0.15) is 0 Å². The lowest BCUT2D eigenvalue weighted by Gasteiger charge is -2.27. The van der Waals surface area contributed by atoms with E-state index in [2.05, 4.69) is 5.32 Å². The van der Waals surface area contributed by atoms with Gasteiger partial charge in [0, 0.05) is 12.1 Å². The van der Waals surface area contributed by atoms with Crippen molar-refractivity contribution in [2.45, 2.75) is 64.1 Å². The summed E-state index contributed by atoms with van der Waals surface area (Å²) in [6.45, 7) is 3.93. The van der Waals surface area contributed by atoms with Crippen LogP contribution in [0.25, 0.3) is 0 Å². The first-order valence-corrected chi connectivity index (χ1v) is 7.70. The quantitative estimate of drug-likeness (QED) is 0.753. The fourth-order valence-electron chi connectivity index (χ4n) is 3.14. The van der Waals surface area contributed by atoms with Crippen LogP contribution in [0.3, 0.4) is 0 Å². The molecule has 0 spiro atoms. The van der Waals surface area contributed by atoms with Crippen molar-refractivity contribution < 1.29 is 15.0 Å². The van der Waals surface area contributed by atoms with Crippen molar-refractivity contribution in [2.24, 2.45) is 0 Å². The Labute approximate surface area is 126 Å². The standard InChI is InChI=1S/C17H25NO3/c1-11-7-8-12(2)14(9-11)17(21)15(10-16(19)20)18-13-5-3-4-6-13/h7-9,13,15,17-18,21H,3-6,10H2,1-2H3,(H,19,20). The molecule has 1 aliphatic carbocycles. The zero-order valence-corrected chi connectivity index (χ0v) is 12.8. The van der Waals surface area contributed by atoms with Crippen molar-refractivity contribution >= 4 is 5.97 Å². The molecule has 2 unspecified atom stereocenters. The molecule has 1 saturated carbocycles.